The molecule has 26 heavy (non-hydrogen) atoms. The number of fused-ring (bicyclic) bond motifs is 1. The van der Waals surface area contributed by atoms with Gasteiger partial charge in [-0.15, -0.1) is 0 Å². The molecule has 5 heteroatoms. The fourth-order valence-corrected chi connectivity index (χ4v) is 3.19. The maximum atomic E-state index is 14.0. The van der Waals surface area contributed by atoms with Crippen molar-refractivity contribution in [3.05, 3.63) is 72.2 Å². The molecule has 0 aliphatic carbocycles. The largest absolute Gasteiger partial charge is 0.493 e. The molecular weight excluding hydrogens is 329 g/mol. The summed E-state index contributed by atoms with van der Waals surface area (Å²) in [6, 6.07) is 16.9. The van der Waals surface area contributed by atoms with Crippen LogP contribution in [0.2, 0.25) is 0 Å². The lowest BCUT2D eigenvalue weighted by atomic mass is 10.1. The van der Waals surface area contributed by atoms with Crippen LogP contribution < -0.4 is 15.0 Å². The molecule has 1 aliphatic rings. The van der Waals surface area contributed by atoms with Crippen molar-refractivity contribution in [2.24, 2.45) is 0 Å². The van der Waals surface area contributed by atoms with Gasteiger partial charge in [-0.2, -0.15) is 0 Å². The van der Waals surface area contributed by atoms with Crippen LogP contribution in [0.15, 0.2) is 60.8 Å². The number of hydrogen-bond acceptors (Lipinski definition) is 4. The van der Waals surface area contributed by atoms with E-state index in [1.807, 2.05) is 49.5 Å². The van der Waals surface area contributed by atoms with Crippen LogP contribution in [-0.2, 0) is 6.54 Å². The predicted octanol–water partition coefficient (Wildman–Crippen LogP) is 4.68. The monoisotopic (exact) mass is 349 g/mol. The SMILES string of the molecule is CCOc1ccccc1-c1cnc2c(c1)N(Cc1ccccc1F)CN2. The van der Waals surface area contributed by atoms with Gasteiger partial charge in [-0.1, -0.05) is 36.4 Å². The molecule has 0 saturated heterocycles. The highest BCUT2D eigenvalue weighted by Gasteiger charge is 2.22. The summed E-state index contributed by atoms with van der Waals surface area (Å²) in [5, 5.41) is 3.27. The fourth-order valence-electron chi connectivity index (χ4n) is 3.19. The van der Waals surface area contributed by atoms with Gasteiger partial charge in [0, 0.05) is 29.4 Å². The van der Waals surface area contributed by atoms with Gasteiger partial charge in [-0.05, 0) is 25.1 Å². The number of nitrogens with zero attached hydrogens (tertiary/aromatic N) is 2. The Morgan fingerprint density at radius 1 is 1.15 bits per heavy atom. The molecule has 4 rings (SSSR count). The molecular formula is C21H20FN3O. The lowest BCUT2D eigenvalue weighted by Crippen LogP contribution is -2.22. The Labute approximate surface area is 152 Å². The fraction of sp³-hybridized carbons (Fsp3) is 0.190. The number of aromatic nitrogens is 1. The summed E-state index contributed by atoms with van der Waals surface area (Å²) in [5.41, 5.74) is 3.62. The van der Waals surface area contributed by atoms with Crippen LogP contribution in [0, 0.1) is 5.82 Å². The second kappa shape index (κ2) is 7.04. The summed E-state index contributed by atoms with van der Waals surface area (Å²) in [7, 11) is 0. The third-order valence-corrected chi connectivity index (χ3v) is 4.46. The quantitative estimate of drug-likeness (QED) is 0.726. The third kappa shape index (κ3) is 3.08. The molecule has 1 N–H and O–H groups in total. The van der Waals surface area contributed by atoms with Gasteiger partial charge < -0.3 is 15.0 Å². The van der Waals surface area contributed by atoms with E-state index in [9.17, 15) is 4.39 Å². The van der Waals surface area contributed by atoms with Crippen molar-refractivity contribution in [2.75, 3.05) is 23.5 Å². The van der Waals surface area contributed by atoms with E-state index in [1.165, 1.54) is 6.07 Å². The van der Waals surface area contributed by atoms with Crippen molar-refractivity contribution in [3.63, 3.8) is 0 Å². The first kappa shape index (κ1) is 16.4. The Balaban J connectivity index is 1.68. The summed E-state index contributed by atoms with van der Waals surface area (Å²) < 4.78 is 19.8. The molecule has 1 aromatic heterocycles. The summed E-state index contributed by atoms with van der Waals surface area (Å²) >= 11 is 0. The second-order valence-electron chi connectivity index (χ2n) is 6.15. The third-order valence-electron chi connectivity index (χ3n) is 4.46. The number of benzene rings is 2. The predicted molar refractivity (Wildman–Crippen MR) is 102 cm³/mol. The van der Waals surface area contributed by atoms with Gasteiger partial charge in [0.1, 0.15) is 11.6 Å². The minimum atomic E-state index is -0.188. The van der Waals surface area contributed by atoms with Crippen molar-refractivity contribution in [1.82, 2.24) is 4.98 Å². The molecule has 0 saturated carbocycles. The molecule has 0 atom stereocenters. The summed E-state index contributed by atoms with van der Waals surface area (Å²) in [5.74, 6) is 1.47. The maximum Gasteiger partial charge on any atom is 0.151 e. The number of ether oxygens (including phenoxy) is 1. The Hall–Kier alpha value is -3.08. The number of para-hydroxylation sites is 1. The standard InChI is InChI=1S/C21H20FN3O/c1-2-26-20-10-6-4-8-17(20)16-11-19-21(23-12-16)24-14-25(19)13-15-7-3-5-9-18(15)22/h3-12H,2,13-14H2,1H3,(H,23,24). The Bertz CT molecular complexity index is 929. The van der Waals surface area contributed by atoms with Gasteiger partial charge in [0.15, 0.2) is 5.82 Å². The average Bonchev–Trinajstić information content (AvgIpc) is 3.06. The van der Waals surface area contributed by atoms with Gasteiger partial charge >= 0.3 is 0 Å². The number of halogens is 1. The van der Waals surface area contributed by atoms with Gasteiger partial charge in [-0.3, -0.25) is 0 Å². The number of nitrogens with one attached hydrogen (secondary N) is 1. The Morgan fingerprint density at radius 2 is 1.96 bits per heavy atom. The first-order valence-corrected chi connectivity index (χ1v) is 8.70. The van der Waals surface area contributed by atoms with Crippen molar-refractivity contribution in [3.8, 4) is 16.9 Å². The van der Waals surface area contributed by atoms with Crippen LogP contribution in [0.3, 0.4) is 0 Å². The summed E-state index contributed by atoms with van der Waals surface area (Å²) in [6.45, 7) is 3.67. The molecule has 0 radical (unpaired) electrons. The van der Waals surface area contributed by atoms with Crippen molar-refractivity contribution >= 4 is 11.5 Å². The molecule has 0 fully saturated rings. The molecule has 4 nitrogen and oxygen atoms in total. The van der Waals surface area contributed by atoms with Crippen LogP contribution in [-0.4, -0.2) is 18.3 Å². The van der Waals surface area contributed by atoms with E-state index in [0.29, 0.717) is 25.4 Å². The number of rotatable bonds is 5. The van der Waals surface area contributed by atoms with Crippen LogP contribution in [0.1, 0.15) is 12.5 Å². The molecule has 0 spiro atoms. The first-order valence-electron chi connectivity index (χ1n) is 8.70. The summed E-state index contributed by atoms with van der Waals surface area (Å²) in [4.78, 5) is 6.64. The van der Waals surface area contributed by atoms with E-state index in [-0.39, 0.29) is 5.82 Å². The zero-order valence-corrected chi connectivity index (χ0v) is 14.6. The highest BCUT2D eigenvalue weighted by Crippen LogP contribution is 2.37. The lowest BCUT2D eigenvalue weighted by Gasteiger charge is -2.19. The van der Waals surface area contributed by atoms with E-state index in [0.717, 1.165) is 28.4 Å². The highest BCUT2D eigenvalue weighted by molar-refractivity contribution is 5.79. The van der Waals surface area contributed by atoms with E-state index in [1.54, 1.807) is 6.07 Å². The lowest BCUT2D eigenvalue weighted by molar-refractivity contribution is 0.341. The second-order valence-corrected chi connectivity index (χ2v) is 6.15. The van der Waals surface area contributed by atoms with Crippen molar-refractivity contribution in [2.45, 2.75) is 13.5 Å². The maximum absolute atomic E-state index is 14.0. The smallest absolute Gasteiger partial charge is 0.151 e. The van der Waals surface area contributed by atoms with Gasteiger partial charge in [0.05, 0.1) is 19.0 Å². The number of hydrogen-bond donors (Lipinski definition) is 1. The normalized spacial score (nSPS) is 12.6. The van der Waals surface area contributed by atoms with Crippen molar-refractivity contribution in [1.29, 1.82) is 0 Å². The van der Waals surface area contributed by atoms with Crippen LogP contribution in [0.4, 0.5) is 15.9 Å². The molecule has 2 aromatic carbocycles. The highest BCUT2D eigenvalue weighted by atomic mass is 19.1. The van der Waals surface area contributed by atoms with E-state index in [4.69, 9.17) is 4.74 Å². The van der Waals surface area contributed by atoms with E-state index >= 15 is 0 Å². The molecule has 0 unspecified atom stereocenters. The minimum absolute atomic E-state index is 0.188. The van der Waals surface area contributed by atoms with Crippen LogP contribution in [0.25, 0.3) is 11.1 Å². The molecule has 2 heterocycles. The minimum Gasteiger partial charge on any atom is -0.493 e. The van der Waals surface area contributed by atoms with Gasteiger partial charge in [0.2, 0.25) is 0 Å². The van der Waals surface area contributed by atoms with Gasteiger partial charge in [-0.25, -0.2) is 9.37 Å². The average molecular weight is 349 g/mol. The number of pyridine rings is 1. The summed E-state index contributed by atoms with van der Waals surface area (Å²) in [6.07, 6.45) is 1.84. The molecule has 1 aliphatic heterocycles. The topological polar surface area (TPSA) is 37.4 Å². The van der Waals surface area contributed by atoms with E-state index < -0.39 is 0 Å². The first-order chi connectivity index (χ1) is 12.8. The van der Waals surface area contributed by atoms with Crippen LogP contribution >= 0.6 is 0 Å². The van der Waals surface area contributed by atoms with E-state index in [2.05, 4.69) is 21.3 Å². The van der Waals surface area contributed by atoms with Gasteiger partial charge in [0.25, 0.3) is 0 Å². The molecule has 3 aromatic rings. The van der Waals surface area contributed by atoms with Crippen molar-refractivity contribution < 1.29 is 9.13 Å². The molecule has 132 valence electrons. The van der Waals surface area contributed by atoms with Crippen LogP contribution in [0.5, 0.6) is 5.75 Å². The zero-order chi connectivity index (χ0) is 17.9. The zero-order valence-electron chi connectivity index (χ0n) is 14.6. The molecule has 0 amide bonds. The number of anilines is 2. The Morgan fingerprint density at radius 3 is 2.81 bits per heavy atom. The Kier molecular flexibility index (Phi) is 4.44. The molecule has 0 bridgehead atoms.